The summed E-state index contributed by atoms with van der Waals surface area (Å²) in [5.74, 6) is 0. The lowest BCUT2D eigenvalue weighted by molar-refractivity contribution is 0.268. The number of unbranched alkanes of at least 4 members (excludes halogenated alkanes) is 1. The van der Waals surface area contributed by atoms with E-state index in [2.05, 4.69) is 16.8 Å². The van der Waals surface area contributed by atoms with Crippen molar-refractivity contribution in [2.75, 3.05) is 19.6 Å². The van der Waals surface area contributed by atoms with Gasteiger partial charge in [0, 0.05) is 32.0 Å². The lowest BCUT2D eigenvalue weighted by atomic mass is 10.2. The number of nitrogens with two attached hydrogens (primary N) is 1. The molecule has 2 N–H and O–H groups in total. The fourth-order valence-electron chi connectivity index (χ4n) is 1.61. The van der Waals surface area contributed by atoms with Crippen LogP contribution in [0.2, 0.25) is 5.02 Å². The Labute approximate surface area is 103 Å². The highest BCUT2D eigenvalue weighted by Crippen LogP contribution is 2.15. The standard InChI is InChI=1S/C12H20ClN3/c1-2-3-7-16(8-5-14)10-11-4-6-15-9-12(11)13/h4,6,9H,2-3,5,7-8,10,14H2,1H3. The van der Waals surface area contributed by atoms with Crippen LogP contribution in [0.25, 0.3) is 0 Å². The maximum absolute atomic E-state index is 6.08. The third-order valence-electron chi connectivity index (χ3n) is 2.52. The number of aromatic nitrogens is 1. The number of halogens is 1. The van der Waals surface area contributed by atoms with E-state index in [1.165, 1.54) is 12.8 Å². The summed E-state index contributed by atoms with van der Waals surface area (Å²) in [5, 5.41) is 0.737. The summed E-state index contributed by atoms with van der Waals surface area (Å²) in [6.07, 6.45) is 5.87. The number of pyridine rings is 1. The van der Waals surface area contributed by atoms with Crippen LogP contribution in [0.15, 0.2) is 18.5 Å². The molecule has 0 radical (unpaired) electrons. The molecule has 1 aromatic heterocycles. The first-order valence-corrected chi connectivity index (χ1v) is 6.16. The molecule has 0 bridgehead atoms. The summed E-state index contributed by atoms with van der Waals surface area (Å²) in [6.45, 7) is 5.73. The molecule has 0 aliphatic heterocycles. The summed E-state index contributed by atoms with van der Waals surface area (Å²) in [4.78, 5) is 6.32. The predicted molar refractivity (Wildman–Crippen MR) is 68.5 cm³/mol. The SMILES string of the molecule is CCCCN(CCN)Cc1ccncc1Cl. The van der Waals surface area contributed by atoms with Crippen LogP contribution in [-0.2, 0) is 6.54 Å². The van der Waals surface area contributed by atoms with Gasteiger partial charge in [0.15, 0.2) is 0 Å². The van der Waals surface area contributed by atoms with E-state index in [1.807, 2.05) is 6.07 Å². The van der Waals surface area contributed by atoms with Crippen molar-refractivity contribution in [3.8, 4) is 0 Å². The number of hydrogen-bond donors (Lipinski definition) is 1. The normalized spacial score (nSPS) is 11.0. The van der Waals surface area contributed by atoms with Crippen molar-refractivity contribution in [2.24, 2.45) is 5.73 Å². The van der Waals surface area contributed by atoms with Gasteiger partial charge >= 0.3 is 0 Å². The molecular weight excluding hydrogens is 222 g/mol. The third kappa shape index (κ3) is 4.47. The molecule has 0 aliphatic rings. The summed E-state index contributed by atoms with van der Waals surface area (Å²) in [6, 6.07) is 1.97. The van der Waals surface area contributed by atoms with Gasteiger partial charge in [0.05, 0.1) is 5.02 Å². The number of hydrogen-bond acceptors (Lipinski definition) is 3. The molecule has 0 fully saturated rings. The summed E-state index contributed by atoms with van der Waals surface area (Å²) in [7, 11) is 0. The molecule has 0 aliphatic carbocycles. The Balaban J connectivity index is 2.56. The van der Waals surface area contributed by atoms with Gasteiger partial charge in [-0.2, -0.15) is 0 Å². The van der Waals surface area contributed by atoms with Crippen LogP contribution in [0.5, 0.6) is 0 Å². The van der Waals surface area contributed by atoms with Crippen LogP contribution in [-0.4, -0.2) is 29.5 Å². The second kappa shape index (κ2) is 7.60. The average Bonchev–Trinajstić information content (AvgIpc) is 2.29. The van der Waals surface area contributed by atoms with E-state index in [0.29, 0.717) is 6.54 Å². The molecule has 4 heteroatoms. The Morgan fingerprint density at radius 3 is 2.88 bits per heavy atom. The monoisotopic (exact) mass is 241 g/mol. The van der Waals surface area contributed by atoms with Gasteiger partial charge in [-0.05, 0) is 24.6 Å². The molecule has 3 nitrogen and oxygen atoms in total. The fraction of sp³-hybridized carbons (Fsp3) is 0.583. The fourth-order valence-corrected chi connectivity index (χ4v) is 1.79. The van der Waals surface area contributed by atoms with Crippen molar-refractivity contribution in [2.45, 2.75) is 26.3 Å². The number of rotatable bonds is 7. The minimum Gasteiger partial charge on any atom is -0.329 e. The van der Waals surface area contributed by atoms with Crippen molar-refractivity contribution >= 4 is 11.6 Å². The van der Waals surface area contributed by atoms with Gasteiger partial charge in [0.1, 0.15) is 0 Å². The second-order valence-corrected chi connectivity index (χ2v) is 4.29. The van der Waals surface area contributed by atoms with Crippen LogP contribution >= 0.6 is 11.6 Å². The van der Waals surface area contributed by atoms with E-state index in [0.717, 1.165) is 30.2 Å². The van der Waals surface area contributed by atoms with E-state index in [9.17, 15) is 0 Å². The van der Waals surface area contributed by atoms with Crippen LogP contribution < -0.4 is 5.73 Å². The number of nitrogens with zero attached hydrogens (tertiary/aromatic N) is 2. The molecule has 0 spiro atoms. The summed E-state index contributed by atoms with van der Waals surface area (Å²) in [5.41, 5.74) is 6.73. The molecular formula is C12H20ClN3. The zero-order valence-electron chi connectivity index (χ0n) is 9.82. The minimum absolute atomic E-state index is 0.687. The first-order valence-electron chi connectivity index (χ1n) is 5.78. The largest absolute Gasteiger partial charge is 0.329 e. The van der Waals surface area contributed by atoms with Gasteiger partial charge in [-0.3, -0.25) is 9.88 Å². The molecule has 1 rings (SSSR count). The molecule has 0 atom stereocenters. The molecule has 0 saturated heterocycles. The van der Waals surface area contributed by atoms with Gasteiger partial charge in [-0.15, -0.1) is 0 Å². The van der Waals surface area contributed by atoms with E-state index in [1.54, 1.807) is 12.4 Å². The average molecular weight is 242 g/mol. The minimum atomic E-state index is 0.687. The Kier molecular flexibility index (Phi) is 6.38. The van der Waals surface area contributed by atoms with Gasteiger partial charge in [0.25, 0.3) is 0 Å². The Bertz CT molecular complexity index is 304. The molecule has 1 heterocycles. The summed E-state index contributed by atoms with van der Waals surface area (Å²) >= 11 is 6.08. The third-order valence-corrected chi connectivity index (χ3v) is 2.86. The smallest absolute Gasteiger partial charge is 0.0634 e. The lowest BCUT2D eigenvalue weighted by Gasteiger charge is -2.21. The highest BCUT2D eigenvalue weighted by molar-refractivity contribution is 6.31. The highest BCUT2D eigenvalue weighted by atomic mass is 35.5. The van der Waals surface area contributed by atoms with Crippen molar-refractivity contribution in [3.63, 3.8) is 0 Å². The molecule has 0 saturated carbocycles. The maximum atomic E-state index is 6.08. The van der Waals surface area contributed by atoms with Crippen molar-refractivity contribution in [1.82, 2.24) is 9.88 Å². The van der Waals surface area contributed by atoms with E-state index in [-0.39, 0.29) is 0 Å². The van der Waals surface area contributed by atoms with Crippen molar-refractivity contribution in [3.05, 3.63) is 29.0 Å². The first kappa shape index (κ1) is 13.4. The maximum Gasteiger partial charge on any atom is 0.0634 e. The quantitative estimate of drug-likeness (QED) is 0.797. The van der Waals surface area contributed by atoms with E-state index >= 15 is 0 Å². The van der Waals surface area contributed by atoms with Crippen molar-refractivity contribution in [1.29, 1.82) is 0 Å². The highest BCUT2D eigenvalue weighted by Gasteiger charge is 2.07. The molecule has 0 unspecified atom stereocenters. The molecule has 0 aromatic carbocycles. The van der Waals surface area contributed by atoms with Gasteiger partial charge in [-0.25, -0.2) is 0 Å². The van der Waals surface area contributed by atoms with Crippen molar-refractivity contribution < 1.29 is 0 Å². The van der Waals surface area contributed by atoms with E-state index < -0.39 is 0 Å². The Morgan fingerprint density at radius 1 is 1.44 bits per heavy atom. The lowest BCUT2D eigenvalue weighted by Crippen LogP contribution is -2.30. The topological polar surface area (TPSA) is 42.1 Å². The molecule has 90 valence electrons. The Hall–Kier alpha value is -0.640. The van der Waals surface area contributed by atoms with Gasteiger partial charge < -0.3 is 5.73 Å². The van der Waals surface area contributed by atoms with Gasteiger partial charge in [0.2, 0.25) is 0 Å². The predicted octanol–water partition coefficient (Wildman–Crippen LogP) is 2.30. The van der Waals surface area contributed by atoms with Crippen LogP contribution in [0.1, 0.15) is 25.3 Å². The van der Waals surface area contributed by atoms with Crippen LogP contribution in [0.4, 0.5) is 0 Å². The van der Waals surface area contributed by atoms with Crippen LogP contribution in [0, 0.1) is 0 Å². The van der Waals surface area contributed by atoms with Crippen LogP contribution in [0.3, 0.4) is 0 Å². The molecule has 0 amide bonds. The first-order chi connectivity index (χ1) is 7.77. The van der Waals surface area contributed by atoms with Gasteiger partial charge in [-0.1, -0.05) is 24.9 Å². The van der Waals surface area contributed by atoms with E-state index in [4.69, 9.17) is 17.3 Å². The zero-order valence-corrected chi connectivity index (χ0v) is 10.6. The Morgan fingerprint density at radius 2 is 2.25 bits per heavy atom. The summed E-state index contributed by atoms with van der Waals surface area (Å²) < 4.78 is 0. The molecule has 1 aromatic rings. The zero-order chi connectivity index (χ0) is 11.8. The molecule has 16 heavy (non-hydrogen) atoms. The second-order valence-electron chi connectivity index (χ2n) is 3.89.